The topological polar surface area (TPSA) is 93.4 Å². The fourth-order valence-electron chi connectivity index (χ4n) is 3.26. The number of fused-ring (bicyclic) bond motifs is 1. The number of carbonyl (C=O) groups is 1. The van der Waals surface area contributed by atoms with Gasteiger partial charge in [0.1, 0.15) is 11.6 Å². The summed E-state index contributed by atoms with van der Waals surface area (Å²) in [6.07, 6.45) is 1.81. The molecule has 2 heterocycles. The van der Waals surface area contributed by atoms with Crippen molar-refractivity contribution in [1.82, 2.24) is 14.9 Å². The Hall–Kier alpha value is -1.96. The minimum atomic E-state index is -0.231. The zero-order valence-electron chi connectivity index (χ0n) is 14.9. The number of amides is 1. The molecule has 3 N–H and O–H groups in total. The van der Waals surface area contributed by atoms with Gasteiger partial charge in [0.25, 0.3) is 0 Å². The zero-order valence-corrected chi connectivity index (χ0v) is 15.6. The van der Waals surface area contributed by atoms with E-state index in [-0.39, 0.29) is 11.8 Å². The number of carbonyl (C=O) groups excluding carboxylic acids is 1. The van der Waals surface area contributed by atoms with Gasteiger partial charge in [-0.1, -0.05) is 11.6 Å². The number of halogens is 1. The number of nitrogens with two attached hydrogens (primary N) is 1. The number of benzene rings is 1. The normalized spacial score (nSPS) is 18.2. The van der Waals surface area contributed by atoms with Crippen molar-refractivity contribution in [1.29, 1.82) is 0 Å². The fraction of sp³-hybridized carbons (Fsp3) is 0.500. The van der Waals surface area contributed by atoms with Gasteiger partial charge in [-0.15, -0.1) is 0 Å². The zero-order chi connectivity index (χ0) is 18.5. The van der Waals surface area contributed by atoms with Crippen LogP contribution in [-0.4, -0.2) is 54.1 Å². The first kappa shape index (κ1) is 18.8. The van der Waals surface area contributed by atoms with Gasteiger partial charge < -0.3 is 15.8 Å². The lowest BCUT2D eigenvalue weighted by atomic mass is 9.97. The van der Waals surface area contributed by atoms with E-state index in [9.17, 15) is 4.79 Å². The number of anilines is 1. The molecule has 2 aromatic rings. The monoisotopic (exact) mass is 377 g/mol. The van der Waals surface area contributed by atoms with Crippen LogP contribution in [0.4, 0.5) is 5.82 Å². The second kappa shape index (κ2) is 8.62. The number of piperidine rings is 1. The minimum absolute atomic E-state index is 0.0951. The number of primary amides is 1. The van der Waals surface area contributed by atoms with Crippen LogP contribution in [0.1, 0.15) is 18.7 Å². The van der Waals surface area contributed by atoms with Gasteiger partial charge >= 0.3 is 0 Å². The second-order valence-corrected chi connectivity index (χ2v) is 6.98. The summed E-state index contributed by atoms with van der Waals surface area (Å²) in [5.41, 5.74) is 6.31. The molecule has 1 fully saturated rings. The first-order valence-electron chi connectivity index (χ1n) is 8.77. The molecule has 0 spiro atoms. The number of methoxy groups -OCH3 is 1. The molecule has 1 saturated heterocycles. The van der Waals surface area contributed by atoms with Gasteiger partial charge in [-0.3, -0.25) is 9.69 Å². The van der Waals surface area contributed by atoms with E-state index >= 15 is 0 Å². The van der Waals surface area contributed by atoms with E-state index < -0.39 is 0 Å². The lowest BCUT2D eigenvalue weighted by Crippen LogP contribution is -2.41. The molecule has 1 aromatic carbocycles. The summed E-state index contributed by atoms with van der Waals surface area (Å²) >= 11 is 6.13. The third kappa shape index (κ3) is 4.60. The van der Waals surface area contributed by atoms with E-state index in [0.717, 1.165) is 36.1 Å². The number of ether oxygens (including phenoxy) is 1. The molecule has 8 heteroatoms. The lowest BCUT2D eigenvalue weighted by molar-refractivity contribution is -0.123. The Kier molecular flexibility index (Phi) is 6.24. The van der Waals surface area contributed by atoms with Crippen LogP contribution < -0.4 is 11.1 Å². The maximum atomic E-state index is 11.5. The summed E-state index contributed by atoms with van der Waals surface area (Å²) in [7, 11) is 1.66. The van der Waals surface area contributed by atoms with Crippen LogP contribution in [0.25, 0.3) is 10.9 Å². The molecule has 0 aliphatic carbocycles. The van der Waals surface area contributed by atoms with Crippen LogP contribution in [-0.2, 0) is 16.1 Å². The highest BCUT2D eigenvalue weighted by Crippen LogP contribution is 2.25. The molecular formula is C18H24ClN5O2. The number of aromatic nitrogens is 2. The maximum Gasteiger partial charge on any atom is 0.221 e. The van der Waals surface area contributed by atoms with Crippen molar-refractivity contribution in [2.45, 2.75) is 19.4 Å². The molecular weight excluding hydrogens is 354 g/mol. The van der Waals surface area contributed by atoms with E-state index in [1.54, 1.807) is 7.11 Å². The van der Waals surface area contributed by atoms with Gasteiger partial charge in [-0.05, 0) is 37.6 Å². The van der Waals surface area contributed by atoms with Crippen LogP contribution in [0, 0.1) is 5.92 Å². The Bertz CT molecular complexity index is 786. The largest absolute Gasteiger partial charge is 0.383 e. The number of hydrogen-bond donors (Lipinski definition) is 2. The Morgan fingerprint density at radius 2 is 2.31 bits per heavy atom. The Labute approximate surface area is 157 Å². The molecule has 1 aromatic heterocycles. The van der Waals surface area contributed by atoms with Crippen LogP contribution in [0.3, 0.4) is 0 Å². The summed E-state index contributed by atoms with van der Waals surface area (Å²) in [5, 5.41) is 4.82. The lowest BCUT2D eigenvalue weighted by Gasteiger charge is -2.30. The van der Waals surface area contributed by atoms with Crippen molar-refractivity contribution in [3.8, 4) is 0 Å². The van der Waals surface area contributed by atoms with Gasteiger partial charge in [0.05, 0.1) is 24.6 Å². The van der Waals surface area contributed by atoms with E-state index in [1.165, 1.54) is 0 Å². The number of hydrogen-bond acceptors (Lipinski definition) is 6. The maximum absolute atomic E-state index is 11.5. The molecule has 140 valence electrons. The van der Waals surface area contributed by atoms with Gasteiger partial charge in [-0.25, -0.2) is 9.97 Å². The number of nitrogens with zero attached hydrogens (tertiary/aromatic N) is 3. The Morgan fingerprint density at radius 3 is 3.08 bits per heavy atom. The third-order valence-electron chi connectivity index (χ3n) is 4.58. The molecule has 0 radical (unpaired) electrons. The molecule has 0 saturated carbocycles. The van der Waals surface area contributed by atoms with E-state index in [0.29, 0.717) is 37.1 Å². The molecule has 7 nitrogen and oxygen atoms in total. The number of rotatable bonds is 7. The fourth-order valence-corrected chi connectivity index (χ4v) is 3.43. The van der Waals surface area contributed by atoms with Crippen LogP contribution in [0.2, 0.25) is 5.02 Å². The molecule has 1 unspecified atom stereocenters. The molecule has 1 amide bonds. The van der Waals surface area contributed by atoms with Crippen molar-refractivity contribution in [2.75, 3.05) is 38.7 Å². The average molecular weight is 378 g/mol. The molecule has 1 aliphatic rings. The van der Waals surface area contributed by atoms with Crippen molar-refractivity contribution in [3.63, 3.8) is 0 Å². The SMILES string of the molecule is COCCNc1nc(CN2CCCC(C(N)=O)C2)nc2ccc(Cl)cc12. The van der Waals surface area contributed by atoms with E-state index in [4.69, 9.17) is 22.1 Å². The van der Waals surface area contributed by atoms with Crippen molar-refractivity contribution >= 4 is 34.2 Å². The number of likely N-dealkylation sites (tertiary alicyclic amines) is 1. The average Bonchev–Trinajstić information content (AvgIpc) is 2.62. The minimum Gasteiger partial charge on any atom is -0.383 e. The summed E-state index contributed by atoms with van der Waals surface area (Å²) in [6, 6.07) is 5.58. The first-order chi connectivity index (χ1) is 12.6. The summed E-state index contributed by atoms with van der Waals surface area (Å²) in [5.74, 6) is 1.13. The van der Waals surface area contributed by atoms with Crippen LogP contribution in [0.5, 0.6) is 0 Å². The smallest absolute Gasteiger partial charge is 0.221 e. The molecule has 1 aliphatic heterocycles. The summed E-state index contributed by atoms with van der Waals surface area (Å²) in [4.78, 5) is 23.0. The van der Waals surface area contributed by atoms with Crippen molar-refractivity contribution in [2.24, 2.45) is 11.7 Å². The van der Waals surface area contributed by atoms with Gasteiger partial charge in [0.2, 0.25) is 5.91 Å². The summed E-state index contributed by atoms with van der Waals surface area (Å²) < 4.78 is 5.10. The van der Waals surface area contributed by atoms with Crippen molar-refractivity contribution < 1.29 is 9.53 Å². The third-order valence-corrected chi connectivity index (χ3v) is 4.81. The quantitative estimate of drug-likeness (QED) is 0.717. The van der Waals surface area contributed by atoms with Crippen LogP contribution >= 0.6 is 11.6 Å². The summed E-state index contributed by atoms with van der Waals surface area (Å²) in [6.45, 7) is 3.37. The Balaban J connectivity index is 1.83. The highest BCUT2D eigenvalue weighted by molar-refractivity contribution is 6.31. The van der Waals surface area contributed by atoms with E-state index in [1.807, 2.05) is 18.2 Å². The molecule has 26 heavy (non-hydrogen) atoms. The Morgan fingerprint density at radius 1 is 1.46 bits per heavy atom. The van der Waals surface area contributed by atoms with Gasteiger partial charge in [0.15, 0.2) is 0 Å². The second-order valence-electron chi connectivity index (χ2n) is 6.55. The predicted octanol–water partition coefficient (Wildman–Crippen LogP) is 2.04. The molecule has 1 atom stereocenters. The number of nitrogens with one attached hydrogen (secondary N) is 1. The highest BCUT2D eigenvalue weighted by atomic mass is 35.5. The van der Waals surface area contributed by atoms with Crippen molar-refractivity contribution in [3.05, 3.63) is 29.0 Å². The van der Waals surface area contributed by atoms with Crippen LogP contribution in [0.15, 0.2) is 18.2 Å². The molecule has 0 bridgehead atoms. The highest BCUT2D eigenvalue weighted by Gasteiger charge is 2.24. The van der Waals surface area contributed by atoms with Gasteiger partial charge in [0, 0.05) is 30.6 Å². The van der Waals surface area contributed by atoms with E-state index in [2.05, 4.69) is 20.2 Å². The first-order valence-corrected chi connectivity index (χ1v) is 9.15. The molecule has 3 rings (SSSR count). The standard InChI is InChI=1S/C18H24ClN5O2/c1-26-8-6-21-18-14-9-13(19)4-5-15(14)22-16(23-18)11-24-7-2-3-12(10-24)17(20)25/h4-5,9,12H,2-3,6-8,10-11H2,1H3,(H2,20,25)(H,21,22,23). The van der Waals surface area contributed by atoms with Gasteiger partial charge in [-0.2, -0.15) is 0 Å². The predicted molar refractivity (Wildman–Crippen MR) is 102 cm³/mol.